The first-order valence-electron chi connectivity index (χ1n) is 5.54. The Hall–Kier alpha value is -0.740. The first kappa shape index (κ1) is 14.3. The third kappa shape index (κ3) is 3.89. The van der Waals surface area contributed by atoms with Crippen LogP contribution in [0.5, 0.6) is 5.88 Å². The molecule has 17 heavy (non-hydrogen) atoms. The molecule has 1 aromatic heterocycles. The average molecular weight is 278 g/mol. The number of alkyl halides is 2. The molecule has 0 saturated heterocycles. The molecule has 0 aromatic carbocycles. The van der Waals surface area contributed by atoms with Crippen molar-refractivity contribution in [1.82, 2.24) is 9.97 Å². The van der Waals surface area contributed by atoms with E-state index in [2.05, 4.69) is 15.3 Å². The van der Waals surface area contributed by atoms with Crippen molar-refractivity contribution >= 4 is 29.0 Å². The van der Waals surface area contributed by atoms with Crippen LogP contribution in [-0.2, 0) is 0 Å². The molecule has 96 valence electrons. The third-order valence-corrected chi connectivity index (χ3v) is 3.51. The summed E-state index contributed by atoms with van der Waals surface area (Å²) in [6.45, 7) is 4.48. The molecule has 1 rings (SSSR count). The fraction of sp³-hybridized carbons (Fsp3) is 0.636. The fourth-order valence-corrected chi connectivity index (χ4v) is 2.07. The first-order valence-corrected chi connectivity index (χ1v) is 6.61. The maximum atomic E-state index is 5.95. The molecule has 1 heterocycles. The van der Waals surface area contributed by atoms with Crippen molar-refractivity contribution in [3.8, 4) is 5.88 Å². The largest absolute Gasteiger partial charge is 0.477 e. The van der Waals surface area contributed by atoms with Crippen molar-refractivity contribution in [2.24, 2.45) is 0 Å². The summed E-state index contributed by atoms with van der Waals surface area (Å²) in [6, 6.07) is 0. The first-order chi connectivity index (χ1) is 8.19. The summed E-state index contributed by atoms with van der Waals surface area (Å²) in [6.07, 6.45) is 4.01. The van der Waals surface area contributed by atoms with Crippen molar-refractivity contribution in [2.75, 3.05) is 23.7 Å². The van der Waals surface area contributed by atoms with Gasteiger partial charge in [-0.25, -0.2) is 0 Å². The molecule has 0 radical (unpaired) electrons. The lowest BCUT2D eigenvalue weighted by atomic mass is 10.0. The second kappa shape index (κ2) is 6.87. The molecule has 0 unspecified atom stereocenters. The zero-order chi connectivity index (χ0) is 12.7. The number of nitrogens with one attached hydrogen (secondary N) is 1. The van der Waals surface area contributed by atoms with E-state index < -0.39 is 0 Å². The second-order valence-electron chi connectivity index (χ2n) is 3.70. The highest BCUT2D eigenvalue weighted by Gasteiger charge is 2.26. The summed E-state index contributed by atoms with van der Waals surface area (Å²) in [7, 11) is 0. The standard InChI is InChI=1S/C11H17Cl2N3O/c1-3-11(7-12,8-13)16-9-5-14-6-10(15-9)17-4-2/h5-6H,3-4,7-8H2,1-2H3,(H,15,16). The summed E-state index contributed by atoms with van der Waals surface area (Å²) in [5, 5.41) is 3.22. The molecule has 0 aliphatic heterocycles. The quantitative estimate of drug-likeness (QED) is 0.779. The van der Waals surface area contributed by atoms with Gasteiger partial charge in [0.1, 0.15) is 5.82 Å². The van der Waals surface area contributed by atoms with Crippen LogP contribution in [0, 0.1) is 0 Å². The predicted molar refractivity (Wildman–Crippen MR) is 71.3 cm³/mol. The SMILES string of the molecule is CCOc1cncc(NC(CC)(CCl)CCl)n1. The molecule has 1 N–H and O–H groups in total. The van der Waals surface area contributed by atoms with Crippen LogP contribution in [0.3, 0.4) is 0 Å². The van der Waals surface area contributed by atoms with E-state index >= 15 is 0 Å². The molecular weight excluding hydrogens is 261 g/mol. The lowest BCUT2D eigenvalue weighted by Gasteiger charge is -2.29. The minimum atomic E-state index is -0.359. The van der Waals surface area contributed by atoms with E-state index in [0.29, 0.717) is 30.1 Å². The molecule has 0 fully saturated rings. The average Bonchev–Trinajstić information content (AvgIpc) is 2.37. The van der Waals surface area contributed by atoms with Gasteiger partial charge in [0.25, 0.3) is 0 Å². The van der Waals surface area contributed by atoms with Crippen LogP contribution in [0.1, 0.15) is 20.3 Å². The van der Waals surface area contributed by atoms with Gasteiger partial charge in [-0.15, -0.1) is 23.2 Å². The van der Waals surface area contributed by atoms with Crippen molar-refractivity contribution in [2.45, 2.75) is 25.8 Å². The van der Waals surface area contributed by atoms with Crippen LogP contribution in [-0.4, -0.2) is 33.9 Å². The molecule has 0 aliphatic rings. The van der Waals surface area contributed by atoms with Crippen molar-refractivity contribution in [1.29, 1.82) is 0 Å². The monoisotopic (exact) mass is 277 g/mol. The van der Waals surface area contributed by atoms with E-state index in [-0.39, 0.29) is 5.54 Å². The zero-order valence-corrected chi connectivity index (χ0v) is 11.6. The maximum Gasteiger partial charge on any atom is 0.234 e. The zero-order valence-electron chi connectivity index (χ0n) is 10.0. The Morgan fingerprint density at radius 3 is 2.53 bits per heavy atom. The number of hydrogen-bond acceptors (Lipinski definition) is 4. The second-order valence-corrected chi connectivity index (χ2v) is 4.24. The van der Waals surface area contributed by atoms with E-state index in [1.54, 1.807) is 12.4 Å². The summed E-state index contributed by atoms with van der Waals surface area (Å²) >= 11 is 11.9. The molecule has 0 bridgehead atoms. The minimum absolute atomic E-state index is 0.359. The van der Waals surface area contributed by atoms with Gasteiger partial charge in [0.15, 0.2) is 0 Å². The third-order valence-electron chi connectivity index (χ3n) is 2.49. The molecule has 0 atom stereocenters. The Bertz CT molecular complexity index is 337. The van der Waals surface area contributed by atoms with Gasteiger partial charge in [-0.1, -0.05) is 6.92 Å². The normalized spacial score (nSPS) is 11.3. The molecule has 0 saturated carbocycles. The summed E-state index contributed by atoms with van der Waals surface area (Å²) in [5.41, 5.74) is -0.359. The molecule has 4 nitrogen and oxygen atoms in total. The number of aromatic nitrogens is 2. The molecular formula is C11H17Cl2N3O. The highest BCUT2D eigenvalue weighted by atomic mass is 35.5. The Labute approximate surface area is 112 Å². The highest BCUT2D eigenvalue weighted by molar-refractivity contribution is 6.22. The number of ether oxygens (including phenoxy) is 1. The van der Waals surface area contributed by atoms with Crippen molar-refractivity contribution < 1.29 is 4.74 Å². The van der Waals surface area contributed by atoms with Gasteiger partial charge in [-0.05, 0) is 13.3 Å². The van der Waals surface area contributed by atoms with Gasteiger partial charge in [0, 0.05) is 11.8 Å². The Morgan fingerprint density at radius 1 is 1.29 bits per heavy atom. The van der Waals surface area contributed by atoms with E-state index in [9.17, 15) is 0 Å². The number of nitrogens with zero attached hydrogens (tertiary/aromatic N) is 2. The molecule has 0 spiro atoms. The molecule has 0 aliphatic carbocycles. The van der Waals surface area contributed by atoms with Crippen LogP contribution < -0.4 is 10.1 Å². The van der Waals surface area contributed by atoms with Gasteiger partial charge in [-0.2, -0.15) is 4.98 Å². The predicted octanol–water partition coefficient (Wildman–Crippen LogP) is 2.91. The Kier molecular flexibility index (Phi) is 5.78. The number of halogens is 2. The van der Waals surface area contributed by atoms with Crippen LogP contribution in [0.2, 0.25) is 0 Å². The van der Waals surface area contributed by atoms with Gasteiger partial charge in [-0.3, -0.25) is 4.98 Å². The van der Waals surface area contributed by atoms with Gasteiger partial charge < -0.3 is 10.1 Å². The van der Waals surface area contributed by atoms with Gasteiger partial charge >= 0.3 is 0 Å². The van der Waals surface area contributed by atoms with E-state index in [0.717, 1.165) is 6.42 Å². The number of anilines is 1. The summed E-state index contributed by atoms with van der Waals surface area (Å²) < 4.78 is 5.28. The topological polar surface area (TPSA) is 47.0 Å². The van der Waals surface area contributed by atoms with E-state index in [4.69, 9.17) is 27.9 Å². The van der Waals surface area contributed by atoms with E-state index in [1.165, 1.54) is 0 Å². The highest BCUT2D eigenvalue weighted by Crippen LogP contribution is 2.21. The summed E-state index contributed by atoms with van der Waals surface area (Å²) in [5.74, 6) is 1.94. The lowest BCUT2D eigenvalue weighted by Crippen LogP contribution is -2.42. The number of rotatable bonds is 7. The number of hydrogen-bond donors (Lipinski definition) is 1. The van der Waals surface area contributed by atoms with Crippen LogP contribution in [0.25, 0.3) is 0 Å². The van der Waals surface area contributed by atoms with Gasteiger partial charge in [0.05, 0.1) is 24.5 Å². The van der Waals surface area contributed by atoms with E-state index in [1.807, 2.05) is 13.8 Å². The van der Waals surface area contributed by atoms with Crippen LogP contribution >= 0.6 is 23.2 Å². The van der Waals surface area contributed by atoms with Gasteiger partial charge in [0.2, 0.25) is 5.88 Å². The van der Waals surface area contributed by atoms with Crippen LogP contribution in [0.4, 0.5) is 5.82 Å². The van der Waals surface area contributed by atoms with Crippen molar-refractivity contribution in [3.63, 3.8) is 0 Å². The molecule has 1 aromatic rings. The van der Waals surface area contributed by atoms with Crippen LogP contribution in [0.15, 0.2) is 12.4 Å². The Morgan fingerprint density at radius 2 is 2.00 bits per heavy atom. The molecule has 0 amide bonds. The van der Waals surface area contributed by atoms with Crippen molar-refractivity contribution in [3.05, 3.63) is 12.4 Å². The summed E-state index contributed by atoms with van der Waals surface area (Å²) in [4.78, 5) is 8.33. The Balaban J connectivity index is 2.82. The maximum absolute atomic E-state index is 5.95. The lowest BCUT2D eigenvalue weighted by molar-refractivity contribution is 0.325. The minimum Gasteiger partial charge on any atom is -0.477 e. The molecule has 6 heteroatoms. The smallest absolute Gasteiger partial charge is 0.234 e. The fourth-order valence-electron chi connectivity index (χ4n) is 1.28.